The van der Waals surface area contributed by atoms with E-state index in [9.17, 15) is 4.79 Å². The third kappa shape index (κ3) is 4.46. The molecule has 0 fully saturated rings. The number of aromatic nitrogens is 3. The van der Waals surface area contributed by atoms with E-state index in [1.165, 1.54) is 12.4 Å². The van der Waals surface area contributed by atoms with Gasteiger partial charge in [-0.1, -0.05) is 13.3 Å². The Hall–Kier alpha value is -1.56. The second-order valence-corrected chi connectivity index (χ2v) is 3.27. The number of nitrogens with zero attached hydrogens (tertiary/aromatic N) is 3. The van der Waals surface area contributed by atoms with Crippen molar-refractivity contribution in [3.63, 3.8) is 0 Å². The van der Waals surface area contributed by atoms with E-state index in [-0.39, 0.29) is 24.3 Å². The van der Waals surface area contributed by atoms with Crippen LogP contribution in [0, 0.1) is 0 Å². The van der Waals surface area contributed by atoms with Crippen LogP contribution < -0.4 is 11.1 Å². The van der Waals surface area contributed by atoms with Crippen LogP contribution in [0.5, 0.6) is 0 Å². The first-order chi connectivity index (χ1) is 7.22. The lowest BCUT2D eigenvalue weighted by Gasteiger charge is -2.08. The minimum absolute atomic E-state index is 0.105. The number of rotatable bonds is 5. The highest BCUT2D eigenvalue weighted by Crippen LogP contribution is 2.00. The van der Waals surface area contributed by atoms with Gasteiger partial charge in [-0.15, -0.1) is 5.10 Å². The number of hydrogen-bond donors (Lipinski definition) is 2. The highest BCUT2D eigenvalue weighted by molar-refractivity contribution is 5.89. The molecule has 0 spiro atoms. The first-order valence-electron chi connectivity index (χ1n) is 4.91. The molecule has 3 N–H and O–H groups in total. The third-order valence-corrected chi connectivity index (χ3v) is 1.84. The van der Waals surface area contributed by atoms with Crippen LogP contribution in [-0.2, 0) is 4.79 Å². The molecule has 1 rings (SSSR count). The topological polar surface area (TPSA) is 93.8 Å². The molecule has 0 aliphatic carbocycles. The zero-order valence-corrected chi connectivity index (χ0v) is 8.68. The number of carbonyl (C=O) groups excluding carboxylic acids is 1. The van der Waals surface area contributed by atoms with E-state index in [0.717, 1.165) is 12.8 Å². The van der Waals surface area contributed by atoms with Crippen LogP contribution in [0.3, 0.4) is 0 Å². The van der Waals surface area contributed by atoms with Crippen molar-refractivity contribution < 1.29 is 4.79 Å². The van der Waals surface area contributed by atoms with Crippen LogP contribution >= 0.6 is 0 Å². The van der Waals surface area contributed by atoms with Crippen molar-refractivity contribution in [2.24, 2.45) is 5.73 Å². The standard InChI is InChI=1S/C9H15N5O/c1-2-3-7(10)6-8(15)13-9-11-4-5-12-14-9/h4-5,7H,2-3,6,10H2,1H3,(H,11,13,14,15). The van der Waals surface area contributed by atoms with E-state index in [0.29, 0.717) is 0 Å². The lowest BCUT2D eigenvalue weighted by atomic mass is 10.1. The summed E-state index contributed by atoms with van der Waals surface area (Å²) in [4.78, 5) is 15.2. The Morgan fingerprint density at radius 3 is 3.00 bits per heavy atom. The second-order valence-electron chi connectivity index (χ2n) is 3.27. The summed E-state index contributed by atoms with van der Waals surface area (Å²) < 4.78 is 0. The minimum Gasteiger partial charge on any atom is -0.327 e. The molecule has 0 aromatic carbocycles. The summed E-state index contributed by atoms with van der Waals surface area (Å²) in [6.45, 7) is 2.03. The molecule has 1 atom stereocenters. The first-order valence-corrected chi connectivity index (χ1v) is 4.91. The van der Waals surface area contributed by atoms with Crippen LogP contribution in [0.25, 0.3) is 0 Å². The highest BCUT2D eigenvalue weighted by atomic mass is 16.1. The number of amides is 1. The van der Waals surface area contributed by atoms with Crippen LogP contribution in [0.15, 0.2) is 12.4 Å². The summed E-state index contributed by atoms with van der Waals surface area (Å²) in [7, 11) is 0. The van der Waals surface area contributed by atoms with E-state index >= 15 is 0 Å². The van der Waals surface area contributed by atoms with Gasteiger partial charge in [-0.05, 0) is 6.42 Å². The van der Waals surface area contributed by atoms with Gasteiger partial charge in [0.2, 0.25) is 11.9 Å². The van der Waals surface area contributed by atoms with Gasteiger partial charge in [-0.25, -0.2) is 4.98 Å². The molecule has 0 saturated carbocycles. The molecule has 0 radical (unpaired) electrons. The van der Waals surface area contributed by atoms with Gasteiger partial charge >= 0.3 is 0 Å². The van der Waals surface area contributed by atoms with Crippen molar-refractivity contribution in [2.45, 2.75) is 32.2 Å². The second kappa shape index (κ2) is 6.02. The van der Waals surface area contributed by atoms with E-state index in [1.807, 2.05) is 6.92 Å². The molecule has 1 unspecified atom stereocenters. The van der Waals surface area contributed by atoms with Gasteiger partial charge in [0.1, 0.15) is 0 Å². The molecule has 0 aliphatic rings. The molecular weight excluding hydrogens is 194 g/mol. The maximum atomic E-state index is 11.4. The quantitative estimate of drug-likeness (QED) is 0.728. The van der Waals surface area contributed by atoms with Gasteiger partial charge in [-0.2, -0.15) is 5.10 Å². The first kappa shape index (κ1) is 11.5. The Labute approximate surface area is 88.3 Å². The van der Waals surface area contributed by atoms with Gasteiger partial charge in [-0.3, -0.25) is 10.1 Å². The molecule has 1 aromatic rings. The van der Waals surface area contributed by atoms with Gasteiger partial charge in [0.15, 0.2) is 0 Å². The number of hydrogen-bond acceptors (Lipinski definition) is 5. The van der Waals surface area contributed by atoms with Gasteiger partial charge in [0.25, 0.3) is 0 Å². The number of carbonyl (C=O) groups is 1. The molecule has 6 heteroatoms. The maximum absolute atomic E-state index is 11.4. The highest BCUT2D eigenvalue weighted by Gasteiger charge is 2.09. The number of nitrogens with two attached hydrogens (primary N) is 1. The largest absolute Gasteiger partial charge is 0.327 e. The normalized spacial score (nSPS) is 12.1. The summed E-state index contributed by atoms with van der Waals surface area (Å²) in [6, 6.07) is -0.105. The van der Waals surface area contributed by atoms with E-state index < -0.39 is 0 Å². The van der Waals surface area contributed by atoms with Crippen LogP contribution in [-0.4, -0.2) is 27.1 Å². The Morgan fingerprint density at radius 2 is 2.40 bits per heavy atom. The molecular formula is C9H15N5O. The van der Waals surface area contributed by atoms with E-state index in [2.05, 4.69) is 20.5 Å². The fourth-order valence-corrected chi connectivity index (χ4v) is 1.19. The van der Waals surface area contributed by atoms with Crippen LogP contribution in [0.4, 0.5) is 5.95 Å². The average Bonchev–Trinajstić information content (AvgIpc) is 2.19. The SMILES string of the molecule is CCCC(N)CC(=O)Nc1nccnn1. The minimum atomic E-state index is -0.177. The van der Waals surface area contributed by atoms with Gasteiger partial charge in [0, 0.05) is 12.5 Å². The Bertz CT molecular complexity index is 303. The zero-order chi connectivity index (χ0) is 11.1. The molecule has 0 bridgehead atoms. The van der Waals surface area contributed by atoms with Crippen molar-refractivity contribution in [3.8, 4) is 0 Å². The summed E-state index contributed by atoms with van der Waals surface area (Å²) in [5.74, 6) is 0.0372. The molecule has 82 valence electrons. The monoisotopic (exact) mass is 209 g/mol. The molecule has 6 nitrogen and oxygen atoms in total. The molecule has 0 saturated heterocycles. The molecule has 1 heterocycles. The summed E-state index contributed by atoms with van der Waals surface area (Å²) in [5, 5.41) is 9.76. The summed E-state index contributed by atoms with van der Waals surface area (Å²) in [6.07, 6.45) is 5.00. The van der Waals surface area contributed by atoms with Crippen molar-refractivity contribution in [1.82, 2.24) is 15.2 Å². The van der Waals surface area contributed by atoms with Gasteiger partial charge < -0.3 is 5.73 Å². The van der Waals surface area contributed by atoms with Crippen molar-refractivity contribution >= 4 is 11.9 Å². The fraction of sp³-hybridized carbons (Fsp3) is 0.556. The molecule has 0 aliphatic heterocycles. The van der Waals surface area contributed by atoms with Gasteiger partial charge in [0.05, 0.1) is 12.4 Å². The predicted molar refractivity (Wildman–Crippen MR) is 56.0 cm³/mol. The van der Waals surface area contributed by atoms with E-state index in [1.54, 1.807) is 0 Å². The Morgan fingerprint density at radius 1 is 1.60 bits per heavy atom. The van der Waals surface area contributed by atoms with Crippen LogP contribution in [0.2, 0.25) is 0 Å². The third-order valence-electron chi connectivity index (χ3n) is 1.84. The predicted octanol–water partition coefficient (Wildman–Crippen LogP) is 0.328. The fourth-order valence-electron chi connectivity index (χ4n) is 1.19. The van der Waals surface area contributed by atoms with Crippen molar-refractivity contribution in [2.75, 3.05) is 5.32 Å². The molecule has 15 heavy (non-hydrogen) atoms. The van der Waals surface area contributed by atoms with Crippen molar-refractivity contribution in [1.29, 1.82) is 0 Å². The summed E-state index contributed by atoms with van der Waals surface area (Å²) >= 11 is 0. The lowest BCUT2D eigenvalue weighted by Crippen LogP contribution is -2.27. The lowest BCUT2D eigenvalue weighted by molar-refractivity contribution is -0.116. The van der Waals surface area contributed by atoms with E-state index in [4.69, 9.17) is 5.73 Å². The van der Waals surface area contributed by atoms with Crippen LogP contribution in [0.1, 0.15) is 26.2 Å². The Kier molecular flexibility index (Phi) is 4.62. The van der Waals surface area contributed by atoms with Crippen molar-refractivity contribution in [3.05, 3.63) is 12.4 Å². The number of anilines is 1. The molecule has 1 aromatic heterocycles. The number of nitrogens with one attached hydrogen (secondary N) is 1. The summed E-state index contributed by atoms with van der Waals surface area (Å²) in [5.41, 5.74) is 5.72. The maximum Gasteiger partial charge on any atom is 0.249 e. The zero-order valence-electron chi connectivity index (χ0n) is 8.68. The average molecular weight is 209 g/mol. The smallest absolute Gasteiger partial charge is 0.249 e. The Balaban J connectivity index is 2.36. The molecule has 1 amide bonds.